The molecule has 2 aliphatic heterocycles. The summed E-state index contributed by atoms with van der Waals surface area (Å²) < 4.78 is 13.4. The first-order chi connectivity index (χ1) is 13.0. The maximum absolute atomic E-state index is 13.4. The Bertz CT molecular complexity index is 663. The lowest BCUT2D eigenvalue weighted by atomic mass is 9.95. The van der Waals surface area contributed by atoms with Crippen LogP contribution in [0.3, 0.4) is 0 Å². The van der Waals surface area contributed by atoms with Gasteiger partial charge in [-0.2, -0.15) is 0 Å². The number of likely N-dealkylation sites (tertiary alicyclic amines) is 2. The number of amides is 2. The van der Waals surface area contributed by atoms with E-state index < -0.39 is 0 Å². The molecule has 2 saturated heterocycles. The van der Waals surface area contributed by atoms with Gasteiger partial charge in [-0.15, -0.1) is 0 Å². The monoisotopic (exact) mass is 375 g/mol. The number of rotatable bonds is 4. The summed E-state index contributed by atoms with van der Waals surface area (Å²) in [6.45, 7) is 5.41. The summed E-state index contributed by atoms with van der Waals surface area (Å²) >= 11 is 0. The van der Waals surface area contributed by atoms with Crippen molar-refractivity contribution in [3.8, 4) is 0 Å². The van der Waals surface area contributed by atoms with E-state index in [9.17, 15) is 14.0 Å². The second kappa shape index (κ2) is 9.31. The van der Waals surface area contributed by atoms with Gasteiger partial charge in [0.15, 0.2) is 0 Å². The van der Waals surface area contributed by atoms with E-state index in [0.717, 1.165) is 57.4 Å². The molecular formula is C21H30FN3O2. The Morgan fingerprint density at radius 1 is 1.07 bits per heavy atom. The Morgan fingerprint density at radius 3 is 2.41 bits per heavy atom. The molecule has 5 nitrogen and oxygen atoms in total. The SMILES string of the molecule is Cc1ccc(F)cc1NC(=O)CN1CCC(C(=O)N2CCCCCC2)CC1. The summed E-state index contributed by atoms with van der Waals surface area (Å²) in [6, 6.07) is 4.39. The zero-order chi connectivity index (χ0) is 19.2. The van der Waals surface area contributed by atoms with Crippen molar-refractivity contribution in [3.05, 3.63) is 29.6 Å². The number of benzene rings is 1. The number of nitrogens with one attached hydrogen (secondary N) is 1. The van der Waals surface area contributed by atoms with E-state index in [1.165, 1.54) is 25.0 Å². The van der Waals surface area contributed by atoms with Crippen molar-refractivity contribution >= 4 is 17.5 Å². The molecule has 0 radical (unpaired) electrons. The lowest BCUT2D eigenvalue weighted by Crippen LogP contribution is -2.44. The first-order valence-corrected chi connectivity index (χ1v) is 10.1. The highest BCUT2D eigenvalue weighted by Crippen LogP contribution is 2.22. The molecule has 1 N–H and O–H groups in total. The van der Waals surface area contributed by atoms with Crippen LogP contribution >= 0.6 is 0 Å². The maximum Gasteiger partial charge on any atom is 0.238 e. The molecule has 0 aromatic heterocycles. The van der Waals surface area contributed by atoms with E-state index in [4.69, 9.17) is 0 Å². The Kier molecular flexibility index (Phi) is 6.83. The van der Waals surface area contributed by atoms with Gasteiger partial charge in [0, 0.05) is 24.7 Å². The van der Waals surface area contributed by atoms with Gasteiger partial charge in [0.05, 0.1) is 6.54 Å². The molecule has 3 rings (SSSR count). The average Bonchev–Trinajstić information content (AvgIpc) is 2.94. The fourth-order valence-corrected chi connectivity index (χ4v) is 4.01. The summed E-state index contributed by atoms with van der Waals surface area (Å²) in [4.78, 5) is 29.2. The molecule has 0 saturated carbocycles. The Morgan fingerprint density at radius 2 is 1.74 bits per heavy atom. The van der Waals surface area contributed by atoms with Crippen molar-refractivity contribution < 1.29 is 14.0 Å². The van der Waals surface area contributed by atoms with Gasteiger partial charge in [-0.05, 0) is 63.4 Å². The van der Waals surface area contributed by atoms with E-state index in [-0.39, 0.29) is 24.2 Å². The van der Waals surface area contributed by atoms with Gasteiger partial charge < -0.3 is 10.2 Å². The summed E-state index contributed by atoms with van der Waals surface area (Å²) in [7, 11) is 0. The number of hydrogen-bond acceptors (Lipinski definition) is 3. The van der Waals surface area contributed by atoms with Crippen LogP contribution in [0.1, 0.15) is 44.1 Å². The number of carbonyl (C=O) groups excluding carboxylic acids is 2. The van der Waals surface area contributed by atoms with Crippen LogP contribution < -0.4 is 5.32 Å². The van der Waals surface area contributed by atoms with Crippen LogP contribution in [0.25, 0.3) is 0 Å². The summed E-state index contributed by atoms with van der Waals surface area (Å²) in [5.74, 6) is -0.103. The highest BCUT2D eigenvalue weighted by molar-refractivity contribution is 5.93. The second-order valence-electron chi connectivity index (χ2n) is 7.80. The summed E-state index contributed by atoms with van der Waals surface area (Å²) in [5, 5.41) is 2.80. The number of hydrogen-bond donors (Lipinski definition) is 1. The highest BCUT2D eigenvalue weighted by atomic mass is 19.1. The van der Waals surface area contributed by atoms with E-state index in [1.807, 2.05) is 11.8 Å². The lowest BCUT2D eigenvalue weighted by molar-refractivity contribution is -0.137. The van der Waals surface area contributed by atoms with Crippen LogP contribution in [0, 0.1) is 18.7 Å². The largest absolute Gasteiger partial charge is 0.342 e. The van der Waals surface area contributed by atoms with Gasteiger partial charge in [0.2, 0.25) is 11.8 Å². The zero-order valence-electron chi connectivity index (χ0n) is 16.2. The van der Waals surface area contributed by atoms with Gasteiger partial charge in [0.25, 0.3) is 0 Å². The summed E-state index contributed by atoms with van der Waals surface area (Å²) in [6.07, 6.45) is 6.29. The van der Waals surface area contributed by atoms with Crippen molar-refractivity contribution in [1.29, 1.82) is 0 Å². The molecule has 2 fully saturated rings. The molecular weight excluding hydrogens is 345 g/mol. The highest BCUT2D eigenvalue weighted by Gasteiger charge is 2.29. The quantitative estimate of drug-likeness (QED) is 0.879. The Hall–Kier alpha value is -1.95. The van der Waals surface area contributed by atoms with E-state index in [1.54, 1.807) is 6.07 Å². The molecule has 2 heterocycles. The zero-order valence-corrected chi connectivity index (χ0v) is 16.2. The minimum absolute atomic E-state index is 0.0906. The van der Waals surface area contributed by atoms with Crippen LogP contribution in [0.2, 0.25) is 0 Å². The number of aryl methyl sites for hydroxylation is 1. The van der Waals surface area contributed by atoms with E-state index in [2.05, 4.69) is 10.2 Å². The van der Waals surface area contributed by atoms with Crippen molar-refractivity contribution in [3.63, 3.8) is 0 Å². The third-order valence-electron chi connectivity index (χ3n) is 5.70. The third kappa shape index (κ3) is 5.51. The topological polar surface area (TPSA) is 52.7 Å². The van der Waals surface area contributed by atoms with Crippen molar-refractivity contribution in [2.45, 2.75) is 45.4 Å². The predicted octanol–water partition coefficient (Wildman–Crippen LogP) is 3.19. The summed E-state index contributed by atoms with van der Waals surface area (Å²) in [5.41, 5.74) is 1.36. The molecule has 2 amide bonds. The van der Waals surface area contributed by atoms with Crippen LogP contribution in [0.15, 0.2) is 18.2 Å². The standard InChI is InChI=1S/C21H30FN3O2/c1-16-6-7-18(22)14-19(16)23-20(26)15-24-12-8-17(9-13-24)21(27)25-10-4-2-3-5-11-25/h6-7,14,17H,2-5,8-13,15H2,1H3,(H,23,26). The molecule has 0 spiro atoms. The number of piperidine rings is 1. The third-order valence-corrected chi connectivity index (χ3v) is 5.70. The number of halogens is 1. The van der Waals surface area contributed by atoms with Crippen LogP contribution in [-0.2, 0) is 9.59 Å². The molecule has 148 valence electrons. The maximum atomic E-state index is 13.4. The van der Waals surface area contributed by atoms with E-state index in [0.29, 0.717) is 11.6 Å². The number of carbonyl (C=O) groups is 2. The second-order valence-corrected chi connectivity index (χ2v) is 7.80. The molecule has 2 aliphatic rings. The minimum atomic E-state index is -0.358. The molecule has 0 aliphatic carbocycles. The molecule has 0 atom stereocenters. The van der Waals surface area contributed by atoms with Crippen LogP contribution in [-0.4, -0.2) is 54.3 Å². The van der Waals surface area contributed by atoms with Gasteiger partial charge in [-0.1, -0.05) is 18.9 Å². The molecule has 0 unspecified atom stereocenters. The number of nitrogens with zero attached hydrogens (tertiary/aromatic N) is 2. The smallest absolute Gasteiger partial charge is 0.238 e. The predicted molar refractivity (Wildman–Crippen MR) is 104 cm³/mol. The average molecular weight is 375 g/mol. The Balaban J connectivity index is 1.45. The van der Waals surface area contributed by atoms with Crippen LogP contribution in [0.4, 0.5) is 10.1 Å². The first-order valence-electron chi connectivity index (χ1n) is 10.1. The van der Waals surface area contributed by atoms with Crippen molar-refractivity contribution in [2.75, 3.05) is 38.0 Å². The first kappa shape index (κ1) is 19.8. The molecule has 0 bridgehead atoms. The molecule has 6 heteroatoms. The van der Waals surface area contributed by atoms with Gasteiger partial charge >= 0.3 is 0 Å². The van der Waals surface area contributed by atoms with Crippen molar-refractivity contribution in [1.82, 2.24) is 9.80 Å². The Labute approximate surface area is 160 Å². The minimum Gasteiger partial charge on any atom is -0.342 e. The molecule has 1 aromatic rings. The normalized spacial score (nSPS) is 19.6. The lowest BCUT2D eigenvalue weighted by Gasteiger charge is -2.33. The molecule has 27 heavy (non-hydrogen) atoms. The van der Waals surface area contributed by atoms with Crippen molar-refractivity contribution in [2.24, 2.45) is 5.92 Å². The van der Waals surface area contributed by atoms with Gasteiger partial charge in [-0.3, -0.25) is 14.5 Å². The molecule has 1 aromatic carbocycles. The number of anilines is 1. The van der Waals surface area contributed by atoms with Gasteiger partial charge in [0.1, 0.15) is 5.82 Å². The van der Waals surface area contributed by atoms with Crippen LogP contribution in [0.5, 0.6) is 0 Å². The fraction of sp³-hybridized carbons (Fsp3) is 0.619. The van der Waals surface area contributed by atoms with Gasteiger partial charge in [-0.25, -0.2) is 4.39 Å². The fourth-order valence-electron chi connectivity index (χ4n) is 4.01. The van der Waals surface area contributed by atoms with E-state index >= 15 is 0 Å².